The molecule has 0 spiro atoms. The number of nitrogens with zero attached hydrogens (tertiary/aromatic N) is 4. The summed E-state index contributed by atoms with van der Waals surface area (Å²) in [5, 5.41) is 13.3. The maximum atomic E-state index is 12.0. The summed E-state index contributed by atoms with van der Waals surface area (Å²) in [6.45, 7) is 2.56. The topological polar surface area (TPSA) is 72.7 Å². The van der Waals surface area contributed by atoms with Gasteiger partial charge in [-0.3, -0.25) is 4.79 Å². The maximum absolute atomic E-state index is 12.0. The molecular formula is C13H14F3N5OS. The second kappa shape index (κ2) is 6.99. The van der Waals surface area contributed by atoms with Crippen molar-refractivity contribution in [3.8, 4) is 5.69 Å². The van der Waals surface area contributed by atoms with Crippen LogP contribution in [0.3, 0.4) is 0 Å². The third kappa shape index (κ3) is 4.95. The second-order valence-corrected chi connectivity index (χ2v) is 5.76. The smallest absolute Gasteiger partial charge is 0.346 e. The van der Waals surface area contributed by atoms with Crippen molar-refractivity contribution >= 4 is 17.7 Å². The van der Waals surface area contributed by atoms with Gasteiger partial charge < -0.3 is 5.32 Å². The molecule has 1 aromatic heterocycles. The normalized spacial score (nSPS) is 11.5. The summed E-state index contributed by atoms with van der Waals surface area (Å²) < 4.78 is 37.5. The quantitative estimate of drug-likeness (QED) is 0.840. The summed E-state index contributed by atoms with van der Waals surface area (Å²) in [7, 11) is 0. The Bertz CT molecular complexity index is 701. The van der Waals surface area contributed by atoms with E-state index in [1.54, 1.807) is 5.32 Å². The Morgan fingerprint density at radius 2 is 2.04 bits per heavy atom. The summed E-state index contributed by atoms with van der Waals surface area (Å²) >= 11 is 0.965. The molecule has 6 nitrogen and oxygen atoms in total. The van der Waals surface area contributed by atoms with Crippen LogP contribution in [0, 0.1) is 13.8 Å². The molecule has 0 aliphatic rings. The Kier molecular flexibility index (Phi) is 5.24. The molecule has 0 radical (unpaired) electrons. The van der Waals surface area contributed by atoms with Crippen molar-refractivity contribution in [2.75, 3.05) is 12.3 Å². The number of alkyl halides is 3. The molecule has 1 amide bonds. The molecule has 0 bridgehead atoms. The van der Waals surface area contributed by atoms with E-state index in [2.05, 4.69) is 15.5 Å². The number of halogens is 3. The molecule has 0 atom stereocenters. The molecule has 0 unspecified atom stereocenters. The summed E-state index contributed by atoms with van der Waals surface area (Å²) in [6.07, 6.45) is -4.43. The first-order valence-corrected chi connectivity index (χ1v) is 7.57. The zero-order valence-corrected chi connectivity index (χ0v) is 13.2. The Morgan fingerprint density at radius 1 is 1.30 bits per heavy atom. The van der Waals surface area contributed by atoms with E-state index >= 15 is 0 Å². The van der Waals surface area contributed by atoms with Gasteiger partial charge in [0, 0.05) is 0 Å². The standard InChI is InChI=1S/C13H14F3N5OS/c1-8-3-4-10(5-9(8)2)21-12(18-19-20-21)23-6-11(22)17-7-13(14,15)16/h3-5H,6-7H2,1-2H3,(H,17,22). The van der Waals surface area contributed by atoms with Crippen LogP contribution in [-0.4, -0.2) is 44.6 Å². The van der Waals surface area contributed by atoms with Gasteiger partial charge >= 0.3 is 6.18 Å². The molecule has 0 saturated carbocycles. The van der Waals surface area contributed by atoms with Gasteiger partial charge in [-0.2, -0.15) is 17.9 Å². The van der Waals surface area contributed by atoms with Crippen molar-refractivity contribution in [3.63, 3.8) is 0 Å². The van der Waals surface area contributed by atoms with Crippen LogP contribution < -0.4 is 5.32 Å². The third-order valence-corrected chi connectivity index (χ3v) is 3.91. The second-order valence-electron chi connectivity index (χ2n) is 4.82. The molecule has 1 aromatic carbocycles. The van der Waals surface area contributed by atoms with Gasteiger partial charge in [-0.05, 0) is 47.5 Å². The van der Waals surface area contributed by atoms with E-state index in [4.69, 9.17) is 0 Å². The van der Waals surface area contributed by atoms with E-state index in [1.807, 2.05) is 32.0 Å². The highest BCUT2D eigenvalue weighted by Crippen LogP contribution is 2.20. The number of hydrogen-bond acceptors (Lipinski definition) is 5. The zero-order chi connectivity index (χ0) is 17.0. The van der Waals surface area contributed by atoms with Crippen LogP contribution >= 0.6 is 11.8 Å². The molecule has 0 fully saturated rings. The van der Waals surface area contributed by atoms with Gasteiger partial charge in [0.15, 0.2) is 0 Å². The van der Waals surface area contributed by atoms with Gasteiger partial charge in [-0.15, -0.1) is 5.10 Å². The fraction of sp³-hybridized carbons (Fsp3) is 0.385. The Labute approximate surface area is 134 Å². The predicted molar refractivity (Wildman–Crippen MR) is 78.4 cm³/mol. The number of carbonyl (C=O) groups is 1. The van der Waals surface area contributed by atoms with Crippen LogP contribution in [0.15, 0.2) is 23.4 Å². The minimum atomic E-state index is -4.43. The molecule has 124 valence electrons. The fourth-order valence-electron chi connectivity index (χ4n) is 1.67. The predicted octanol–water partition coefficient (Wildman–Crippen LogP) is 2.05. The van der Waals surface area contributed by atoms with Crippen LogP contribution in [0.4, 0.5) is 13.2 Å². The van der Waals surface area contributed by atoms with E-state index in [0.29, 0.717) is 5.16 Å². The summed E-state index contributed by atoms with van der Waals surface area (Å²) in [4.78, 5) is 11.4. The summed E-state index contributed by atoms with van der Waals surface area (Å²) in [6, 6.07) is 5.63. The number of carbonyl (C=O) groups excluding carboxylic acids is 1. The Morgan fingerprint density at radius 3 is 2.70 bits per heavy atom. The molecule has 0 aliphatic heterocycles. The number of rotatable bonds is 5. The highest BCUT2D eigenvalue weighted by Gasteiger charge is 2.27. The van der Waals surface area contributed by atoms with Crippen LogP contribution in [0.1, 0.15) is 11.1 Å². The van der Waals surface area contributed by atoms with Crippen LogP contribution in [0.2, 0.25) is 0 Å². The van der Waals surface area contributed by atoms with Gasteiger partial charge in [0.1, 0.15) is 6.54 Å². The molecule has 0 saturated heterocycles. The van der Waals surface area contributed by atoms with Crippen LogP contribution in [0.25, 0.3) is 5.69 Å². The lowest BCUT2D eigenvalue weighted by Gasteiger charge is -2.08. The zero-order valence-electron chi connectivity index (χ0n) is 12.4. The molecule has 23 heavy (non-hydrogen) atoms. The molecule has 1 heterocycles. The van der Waals surface area contributed by atoms with Crippen molar-refractivity contribution in [1.82, 2.24) is 25.5 Å². The fourth-order valence-corrected chi connectivity index (χ4v) is 2.39. The maximum Gasteiger partial charge on any atom is 0.405 e. The van der Waals surface area contributed by atoms with E-state index in [1.165, 1.54) is 4.68 Å². The van der Waals surface area contributed by atoms with Crippen LogP contribution in [0.5, 0.6) is 0 Å². The molecule has 1 N–H and O–H groups in total. The van der Waals surface area contributed by atoms with E-state index in [0.717, 1.165) is 28.6 Å². The molecule has 10 heteroatoms. The molecular weight excluding hydrogens is 331 g/mol. The van der Waals surface area contributed by atoms with E-state index < -0.39 is 18.6 Å². The number of thioether (sulfide) groups is 1. The van der Waals surface area contributed by atoms with Gasteiger partial charge in [-0.1, -0.05) is 17.8 Å². The number of benzene rings is 1. The SMILES string of the molecule is Cc1ccc(-n2nnnc2SCC(=O)NCC(F)(F)F)cc1C. The van der Waals surface area contributed by atoms with Crippen molar-refractivity contribution in [2.24, 2.45) is 0 Å². The third-order valence-electron chi connectivity index (χ3n) is 2.99. The van der Waals surface area contributed by atoms with Crippen molar-refractivity contribution in [1.29, 1.82) is 0 Å². The lowest BCUT2D eigenvalue weighted by molar-refractivity contribution is -0.136. The minimum Gasteiger partial charge on any atom is -0.346 e. The number of tetrazole rings is 1. The number of nitrogens with one attached hydrogen (secondary N) is 1. The average molecular weight is 345 g/mol. The van der Waals surface area contributed by atoms with Gasteiger partial charge in [0.25, 0.3) is 0 Å². The molecule has 2 aromatic rings. The lowest BCUT2D eigenvalue weighted by atomic mass is 10.1. The van der Waals surface area contributed by atoms with Gasteiger partial charge in [0.2, 0.25) is 11.1 Å². The average Bonchev–Trinajstić information content (AvgIpc) is 2.93. The highest BCUT2D eigenvalue weighted by atomic mass is 32.2. The van der Waals surface area contributed by atoms with Crippen molar-refractivity contribution in [3.05, 3.63) is 29.3 Å². The number of aromatic nitrogens is 4. The lowest BCUT2D eigenvalue weighted by Crippen LogP contribution is -2.34. The van der Waals surface area contributed by atoms with E-state index in [-0.39, 0.29) is 5.75 Å². The number of hydrogen-bond donors (Lipinski definition) is 1. The molecule has 2 rings (SSSR count). The number of aryl methyl sites for hydroxylation is 2. The van der Waals surface area contributed by atoms with Crippen molar-refractivity contribution in [2.45, 2.75) is 25.2 Å². The summed E-state index contributed by atoms with van der Waals surface area (Å²) in [5.74, 6) is -0.941. The number of amides is 1. The Balaban J connectivity index is 2.01. The first-order chi connectivity index (χ1) is 10.8. The Hall–Kier alpha value is -2.10. The van der Waals surface area contributed by atoms with Gasteiger partial charge in [-0.25, -0.2) is 0 Å². The largest absolute Gasteiger partial charge is 0.405 e. The highest BCUT2D eigenvalue weighted by molar-refractivity contribution is 7.99. The summed E-state index contributed by atoms with van der Waals surface area (Å²) in [5.41, 5.74) is 2.88. The first kappa shape index (κ1) is 17.3. The molecule has 0 aliphatic carbocycles. The van der Waals surface area contributed by atoms with Gasteiger partial charge in [0.05, 0.1) is 11.4 Å². The monoisotopic (exact) mass is 345 g/mol. The minimum absolute atomic E-state index is 0.207. The van der Waals surface area contributed by atoms with E-state index in [9.17, 15) is 18.0 Å². The van der Waals surface area contributed by atoms with Crippen molar-refractivity contribution < 1.29 is 18.0 Å². The first-order valence-electron chi connectivity index (χ1n) is 6.58. The van der Waals surface area contributed by atoms with Crippen LogP contribution in [-0.2, 0) is 4.79 Å².